The molecular formula is C15H25BrN2S. The summed E-state index contributed by atoms with van der Waals surface area (Å²) in [6.07, 6.45) is 3.88. The minimum atomic E-state index is 0.175. The van der Waals surface area contributed by atoms with E-state index in [1.165, 1.54) is 28.6 Å². The summed E-state index contributed by atoms with van der Waals surface area (Å²) in [7, 11) is 2.25. The minimum absolute atomic E-state index is 0.175. The van der Waals surface area contributed by atoms with Crippen LogP contribution in [0.1, 0.15) is 38.0 Å². The Hall–Kier alpha value is 0.1000. The first-order valence-electron chi connectivity index (χ1n) is 7.12. The molecule has 1 fully saturated rings. The van der Waals surface area contributed by atoms with Gasteiger partial charge in [0.05, 0.1) is 0 Å². The fourth-order valence-electron chi connectivity index (χ4n) is 3.51. The molecule has 1 heterocycles. The molecule has 0 spiro atoms. The number of nitrogens with two attached hydrogens (primary N) is 1. The van der Waals surface area contributed by atoms with Crippen LogP contribution in [0.25, 0.3) is 0 Å². The van der Waals surface area contributed by atoms with Crippen LogP contribution in [0.4, 0.5) is 0 Å². The molecule has 3 atom stereocenters. The quantitative estimate of drug-likeness (QED) is 0.890. The van der Waals surface area contributed by atoms with Gasteiger partial charge in [0.2, 0.25) is 0 Å². The summed E-state index contributed by atoms with van der Waals surface area (Å²) >= 11 is 5.36. The Morgan fingerprint density at radius 2 is 2.21 bits per heavy atom. The molecular weight excluding hydrogens is 320 g/mol. The van der Waals surface area contributed by atoms with Crippen molar-refractivity contribution in [3.05, 3.63) is 20.8 Å². The molecule has 2 nitrogen and oxygen atoms in total. The second-order valence-electron chi connectivity index (χ2n) is 6.18. The highest BCUT2D eigenvalue weighted by Gasteiger charge is 2.42. The third-order valence-electron chi connectivity index (χ3n) is 4.84. The van der Waals surface area contributed by atoms with E-state index in [0.717, 1.165) is 19.0 Å². The number of likely N-dealkylation sites (N-methyl/N-ethyl adjacent to an activating group) is 1. The summed E-state index contributed by atoms with van der Waals surface area (Å²) in [5.74, 6) is 1.47. The molecule has 2 N–H and O–H groups in total. The number of hydrogen-bond donors (Lipinski definition) is 1. The molecule has 4 heteroatoms. The molecule has 1 saturated carbocycles. The van der Waals surface area contributed by atoms with Gasteiger partial charge in [-0.05, 0) is 53.7 Å². The third kappa shape index (κ3) is 3.23. The molecule has 1 aromatic rings. The lowest BCUT2D eigenvalue weighted by atomic mass is 9.69. The zero-order chi connectivity index (χ0) is 14.0. The summed E-state index contributed by atoms with van der Waals surface area (Å²) in [5, 5.41) is 2.16. The van der Waals surface area contributed by atoms with E-state index in [0.29, 0.717) is 5.92 Å². The van der Waals surface area contributed by atoms with E-state index < -0.39 is 0 Å². The Kier molecular flexibility index (Phi) is 5.09. The smallest absolute Gasteiger partial charge is 0.0360 e. The summed E-state index contributed by atoms with van der Waals surface area (Å²) in [5.41, 5.74) is 6.38. The molecule has 19 heavy (non-hydrogen) atoms. The maximum atomic E-state index is 6.20. The molecule has 1 aliphatic rings. The van der Waals surface area contributed by atoms with Crippen molar-refractivity contribution in [2.24, 2.45) is 17.6 Å². The van der Waals surface area contributed by atoms with E-state index in [-0.39, 0.29) is 5.54 Å². The Morgan fingerprint density at radius 3 is 2.79 bits per heavy atom. The number of nitrogens with zero attached hydrogens (tertiary/aromatic N) is 1. The highest BCUT2D eigenvalue weighted by Crippen LogP contribution is 2.40. The van der Waals surface area contributed by atoms with Gasteiger partial charge in [-0.25, -0.2) is 0 Å². The van der Waals surface area contributed by atoms with Crippen molar-refractivity contribution >= 4 is 27.3 Å². The van der Waals surface area contributed by atoms with Gasteiger partial charge in [-0.15, -0.1) is 11.3 Å². The van der Waals surface area contributed by atoms with Crippen LogP contribution < -0.4 is 5.73 Å². The second-order valence-corrected chi connectivity index (χ2v) is 8.09. The lowest BCUT2D eigenvalue weighted by molar-refractivity contribution is 0.00965. The van der Waals surface area contributed by atoms with Gasteiger partial charge < -0.3 is 5.73 Å². The summed E-state index contributed by atoms with van der Waals surface area (Å²) in [6, 6.07) is 2.22. The van der Waals surface area contributed by atoms with Crippen LogP contribution in [-0.2, 0) is 6.54 Å². The molecule has 3 unspecified atom stereocenters. The molecule has 0 aliphatic heterocycles. The topological polar surface area (TPSA) is 29.3 Å². The van der Waals surface area contributed by atoms with E-state index in [1.807, 2.05) is 11.3 Å². The lowest BCUT2D eigenvalue weighted by Crippen LogP contribution is -2.58. The molecule has 0 bridgehead atoms. The zero-order valence-electron chi connectivity index (χ0n) is 12.2. The van der Waals surface area contributed by atoms with E-state index in [9.17, 15) is 0 Å². The monoisotopic (exact) mass is 344 g/mol. The highest BCUT2D eigenvalue weighted by molar-refractivity contribution is 9.10. The van der Waals surface area contributed by atoms with E-state index in [2.05, 4.69) is 53.2 Å². The Balaban J connectivity index is 2.15. The molecule has 0 saturated heterocycles. The van der Waals surface area contributed by atoms with Crippen LogP contribution in [-0.4, -0.2) is 24.0 Å². The van der Waals surface area contributed by atoms with Crippen LogP contribution in [0.5, 0.6) is 0 Å². The van der Waals surface area contributed by atoms with Gasteiger partial charge in [0.1, 0.15) is 0 Å². The zero-order valence-corrected chi connectivity index (χ0v) is 14.6. The van der Waals surface area contributed by atoms with Gasteiger partial charge in [0.25, 0.3) is 0 Å². The van der Waals surface area contributed by atoms with Crippen LogP contribution in [0.15, 0.2) is 15.9 Å². The van der Waals surface area contributed by atoms with Crippen molar-refractivity contribution in [3.63, 3.8) is 0 Å². The van der Waals surface area contributed by atoms with Crippen molar-refractivity contribution in [2.45, 2.75) is 45.2 Å². The first-order valence-corrected chi connectivity index (χ1v) is 8.79. The second kappa shape index (κ2) is 6.25. The van der Waals surface area contributed by atoms with Gasteiger partial charge in [-0.1, -0.05) is 20.3 Å². The number of thiophene rings is 1. The fourth-order valence-corrected chi connectivity index (χ4v) is 5.01. The van der Waals surface area contributed by atoms with Crippen LogP contribution in [0.2, 0.25) is 0 Å². The Bertz CT molecular complexity index is 420. The lowest BCUT2D eigenvalue weighted by Gasteiger charge is -2.50. The van der Waals surface area contributed by atoms with E-state index in [1.54, 1.807) is 0 Å². The molecule has 108 valence electrons. The van der Waals surface area contributed by atoms with E-state index >= 15 is 0 Å². The Morgan fingerprint density at radius 1 is 1.47 bits per heavy atom. The first kappa shape index (κ1) is 15.5. The largest absolute Gasteiger partial charge is 0.329 e. The number of halogens is 1. The maximum absolute atomic E-state index is 6.20. The van der Waals surface area contributed by atoms with Gasteiger partial charge in [-0.2, -0.15) is 0 Å². The van der Waals surface area contributed by atoms with Crippen molar-refractivity contribution in [3.8, 4) is 0 Å². The van der Waals surface area contributed by atoms with Crippen LogP contribution in [0.3, 0.4) is 0 Å². The third-order valence-corrected chi connectivity index (χ3v) is 6.52. The molecule has 2 rings (SSSR count). The SMILES string of the molecule is CC1CCC(C)C(CN)(N(C)Cc2cc(Br)cs2)C1. The number of hydrogen-bond acceptors (Lipinski definition) is 3. The Labute approximate surface area is 129 Å². The van der Waals surface area contributed by atoms with Crippen molar-refractivity contribution in [2.75, 3.05) is 13.6 Å². The minimum Gasteiger partial charge on any atom is -0.329 e. The van der Waals surface area contributed by atoms with Crippen molar-refractivity contribution < 1.29 is 0 Å². The van der Waals surface area contributed by atoms with Crippen LogP contribution >= 0.6 is 27.3 Å². The maximum Gasteiger partial charge on any atom is 0.0360 e. The molecule has 0 radical (unpaired) electrons. The fraction of sp³-hybridized carbons (Fsp3) is 0.733. The van der Waals surface area contributed by atoms with Crippen molar-refractivity contribution in [1.82, 2.24) is 4.90 Å². The van der Waals surface area contributed by atoms with Gasteiger partial charge in [-0.3, -0.25) is 4.90 Å². The molecule has 0 amide bonds. The number of rotatable bonds is 4. The van der Waals surface area contributed by atoms with Gasteiger partial charge in [0, 0.05) is 33.4 Å². The average Bonchev–Trinajstić information content (AvgIpc) is 2.77. The van der Waals surface area contributed by atoms with Crippen LogP contribution in [0, 0.1) is 11.8 Å². The molecule has 0 aromatic carbocycles. The summed E-state index contributed by atoms with van der Waals surface area (Å²) in [6.45, 7) is 6.51. The van der Waals surface area contributed by atoms with Crippen molar-refractivity contribution in [1.29, 1.82) is 0 Å². The first-order chi connectivity index (χ1) is 8.98. The van der Waals surface area contributed by atoms with Gasteiger partial charge in [0.15, 0.2) is 0 Å². The molecule has 1 aromatic heterocycles. The van der Waals surface area contributed by atoms with E-state index in [4.69, 9.17) is 5.73 Å². The normalized spacial score (nSPS) is 31.9. The predicted molar refractivity (Wildman–Crippen MR) is 87.5 cm³/mol. The highest BCUT2D eigenvalue weighted by atomic mass is 79.9. The summed E-state index contributed by atoms with van der Waals surface area (Å²) in [4.78, 5) is 3.92. The predicted octanol–water partition coefficient (Wildman–Crippen LogP) is 4.10. The standard InChI is InChI=1S/C15H25BrN2S/c1-11-4-5-12(2)15(7-11,10-17)18(3)8-14-6-13(16)9-19-14/h6,9,11-12H,4-5,7-8,10,17H2,1-3H3. The van der Waals surface area contributed by atoms with Gasteiger partial charge >= 0.3 is 0 Å². The summed E-state index contributed by atoms with van der Waals surface area (Å²) < 4.78 is 1.19. The molecule has 1 aliphatic carbocycles. The average molecular weight is 345 g/mol.